The lowest BCUT2D eigenvalue weighted by Crippen LogP contribution is -2.51. The third kappa shape index (κ3) is 3.64. The lowest BCUT2D eigenvalue weighted by molar-refractivity contribution is -0.137. The monoisotopic (exact) mass is 366 g/mol. The van der Waals surface area contributed by atoms with Gasteiger partial charge >= 0.3 is 6.18 Å². The molecule has 3 N–H and O–H groups in total. The molecule has 1 aromatic carbocycles. The molecule has 1 saturated heterocycles. The Morgan fingerprint density at radius 2 is 2.08 bits per heavy atom. The second-order valence-corrected chi connectivity index (χ2v) is 7.98. The Morgan fingerprint density at radius 1 is 1.42 bits per heavy atom. The smallest absolute Gasteiger partial charge is 0.416 e. The largest absolute Gasteiger partial charge is 0.490 e. The van der Waals surface area contributed by atoms with Gasteiger partial charge in [-0.05, 0) is 37.6 Å². The van der Waals surface area contributed by atoms with Crippen LogP contribution in [-0.2, 0) is 16.0 Å². The number of hydrogen-bond acceptors (Lipinski definition) is 5. The van der Waals surface area contributed by atoms with Crippen molar-refractivity contribution in [3.63, 3.8) is 0 Å². The molecule has 0 aliphatic carbocycles. The Bertz CT molecular complexity index is 741. The predicted molar refractivity (Wildman–Crippen MR) is 80.3 cm³/mol. The van der Waals surface area contributed by atoms with Gasteiger partial charge in [0, 0.05) is 6.26 Å². The normalized spacial score (nSPS) is 21.7. The number of carbonyl (C=O) groups excluding carboxylic acids is 1. The topological polar surface area (TPSA) is 98.5 Å². The maximum atomic E-state index is 12.7. The molecule has 1 heterocycles. The number of amides is 1. The summed E-state index contributed by atoms with van der Waals surface area (Å²) in [7, 11) is -3.53. The van der Waals surface area contributed by atoms with E-state index >= 15 is 0 Å². The highest BCUT2D eigenvalue weighted by atomic mass is 32.2. The van der Waals surface area contributed by atoms with Crippen LogP contribution in [0.1, 0.15) is 28.8 Å². The minimum Gasteiger partial charge on any atom is -0.490 e. The van der Waals surface area contributed by atoms with Crippen LogP contribution in [0.25, 0.3) is 0 Å². The van der Waals surface area contributed by atoms with Crippen molar-refractivity contribution < 1.29 is 31.1 Å². The van der Waals surface area contributed by atoms with E-state index in [1.165, 1.54) is 0 Å². The minimum absolute atomic E-state index is 0.188. The zero-order chi connectivity index (χ0) is 18.2. The third-order valence-electron chi connectivity index (χ3n) is 3.95. The van der Waals surface area contributed by atoms with Crippen LogP contribution in [-0.4, -0.2) is 38.6 Å². The molecular formula is C14H17F3N2O4S. The van der Waals surface area contributed by atoms with Crippen LogP contribution in [0.4, 0.5) is 13.2 Å². The van der Waals surface area contributed by atoms with Gasteiger partial charge in [0.1, 0.15) is 12.4 Å². The molecule has 6 nitrogen and oxygen atoms in total. The number of alkyl halides is 3. The molecule has 0 unspecified atom stereocenters. The highest BCUT2D eigenvalue weighted by molar-refractivity contribution is 7.92. The zero-order valence-corrected chi connectivity index (χ0v) is 13.6. The summed E-state index contributed by atoms with van der Waals surface area (Å²) in [4.78, 5) is 10.1. The Morgan fingerprint density at radius 3 is 2.54 bits per heavy atom. The van der Waals surface area contributed by atoms with E-state index < -0.39 is 37.9 Å². The quantitative estimate of drug-likeness (QED) is 0.819. The molecule has 24 heavy (non-hydrogen) atoms. The number of benzene rings is 1. The molecule has 134 valence electrons. The molecule has 1 aliphatic heterocycles. The van der Waals surface area contributed by atoms with Gasteiger partial charge in [0.05, 0.1) is 11.1 Å². The van der Waals surface area contributed by atoms with Crippen LogP contribution in [0.15, 0.2) is 18.2 Å². The van der Waals surface area contributed by atoms with Crippen molar-refractivity contribution in [1.29, 1.82) is 0 Å². The lowest BCUT2D eigenvalue weighted by Gasteiger charge is -2.27. The van der Waals surface area contributed by atoms with Gasteiger partial charge in [-0.1, -0.05) is 0 Å². The molecule has 10 heteroatoms. The van der Waals surface area contributed by atoms with Gasteiger partial charge in [-0.15, -0.1) is 0 Å². The van der Waals surface area contributed by atoms with Crippen molar-refractivity contribution in [2.45, 2.75) is 23.9 Å². The van der Waals surface area contributed by atoms with Crippen molar-refractivity contribution in [2.75, 3.05) is 19.4 Å². The number of nitrogens with two attached hydrogens (primary N) is 1. The molecule has 0 bridgehead atoms. The van der Waals surface area contributed by atoms with E-state index in [9.17, 15) is 26.4 Å². The first-order chi connectivity index (χ1) is 11.0. The molecule has 2 rings (SSSR count). The second-order valence-electron chi connectivity index (χ2n) is 5.66. The number of nitrogens with one attached hydrogen (secondary N) is 1. The number of primary amides is 1. The minimum atomic E-state index is -4.64. The Labute approximate surface area is 137 Å². The number of sulfone groups is 1. The molecule has 0 aromatic heterocycles. The average Bonchev–Trinajstić information content (AvgIpc) is 2.93. The van der Waals surface area contributed by atoms with E-state index in [4.69, 9.17) is 10.5 Å². The molecule has 0 radical (unpaired) electrons. The summed E-state index contributed by atoms with van der Waals surface area (Å²) in [5, 5.41) is 2.86. The van der Waals surface area contributed by atoms with Crippen LogP contribution in [0.2, 0.25) is 0 Å². The van der Waals surface area contributed by atoms with E-state index in [1.54, 1.807) is 0 Å². The fourth-order valence-corrected chi connectivity index (χ4v) is 3.70. The fourth-order valence-electron chi connectivity index (χ4n) is 2.54. The second kappa shape index (κ2) is 6.25. The van der Waals surface area contributed by atoms with Crippen molar-refractivity contribution in [2.24, 2.45) is 5.73 Å². The summed E-state index contributed by atoms with van der Waals surface area (Å²) >= 11 is 0. The van der Waals surface area contributed by atoms with E-state index in [-0.39, 0.29) is 12.4 Å². The van der Waals surface area contributed by atoms with Crippen LogP contribution in [0.3, 0.4) is 0 Å². The van der Waals surface area contributed by atoms with Gasteiger partial charge in [0.2, 0.25) is 0 Å². The Kier molecular flexibility index (Phi) is 4.82. The van der Waals surface area contributed by atoms with Gasteiger partial charge in [-0.2, -0.15) is 13.2 Å². The van der Waals surface area contributed by atoms with Crippen molar-refractivity contribution in [1.82, 2.24) is 5.32 Å². The average molecular weight is 366 g/mol. The first-order valence-corrected chi connectivity index (χ1v) is 8.94. The maximum Gasteiger partial charge on any atom is 0.416 e. The van der Waals surface area contributed by atoms with Crippen LogP contribution in [0, 0.1) is 0 Å². The Hall–Kier alpha value is -1.81. The lowest BCUT2D eigenvalue weighted by atomic mass is 10.1. The standard InChI is InChI=1S/C14H17F3N2O4S/c1-24(21,22)13(5-2-6-19-13)8-23-11-4-3-9(14(15,16)17)7-10(11)12(18)20/h3-4,7,19H,2,5-6,8H2,1H3,(H2,18,20)/t13-/m0/s1. The summed E-state index contributed by atoms with van der Waals surface area (Å²) in [6.45, 7) is 0.142. The molecule has 0 spiro atoms. The molecule has 1 atom stereocenters. The number of ether oxygens (including phenoxy) is 1. The summed E-state index contributed by atoms with van der Waals surface area (Å²) in [5.41, 5.74) is 3.62. The number of rotatable bonds is 5. The van der Waals surface area contributed by atoms with E-state index in [2.05, 4.69) is 5.32 Å². The zero-order valence-electron chi connectivity index (χ0n) is 12.8. The van der Waals surface area contributed by atoms with E-state index in [0.29, 0.717) is 25.5 Å². The maximum absolute atomic E-state index is 12.7. The molecular weight excluding hydrogens is 349 g/mol. The number of carbonyl (C=O) groups is 1. The number of halogens is 3. The molecule has 0 saturated carbocycles. The highest BCUT2D eigenvalue weighted by Gasteiger charge is 2.44. The van der Waals surface area contributed by atoms with Gasteiger partial charge in [-0.25, -0.2) is 8.42 Å². The SMILES string of the molecule is CS(=O)(=O)[C@]1(COc2ccc(C(F)(F)F)cc2C(N)=O)CCCN1. The van der Waals surface area contributed by atoms with E-state index in [0.717, 1.165) is 18.4 Å². The van der Waals surface area contributed by atoms with Crippen LogP contribution >= 0.6 is 0 Å². The van der Waals surface area contributed by atoms with Gasteiger partial charge < -0.3 is 10.5 Å². The molecule has 1 fully saturated rings. The first-order valence-electron chi connectivity index (χ1n) is 7.05. The van der Waals surface area contributed by atoms with Crippen molar-refractivity contribution in [3.8, 4) is 5.75 Å². The summed E-state index contributed by atoms with van der Waals surface area (Å²) < 4.78 is 67.6. The summed E-state index contributed by atoms with van der Waals surface area (Å²) in [5.74, 6) is -1.28. The summed E-state index contributed by atoms with van der Waals surface area (Å²) in [6.07, 6.45) is -2.66. The number of hydrogen-bond donors (Lipinski definition) is 2. The van der Waals surface area contributed by atoms with Crippen LogP contribution in [0.5, 0.6) is 5.75 Å². The van der Waals surface area contributed by atoms with E-state index in [1.807, 2.05) is 0 Å². The fraction of sp³-hybridized carbons (Fsp3) is 0.500. The Balaban J connectivity index is 2.31. The van der Waals surface area contributed by atoms with Gasteiger partial charge in [0.15, 0.2) is 14.7 Å². The van der Waals surface area contributed by atoms with Gasteiger partial charge in [-0.3, -0.25) is 10.1 Å². The summed E-state index contributed by atoms with van der Waals surface area (Å²) in [6, 6.07) is 2.30. The van der Waals surface area contributed by atoms with Crippen LogP contribution < -0.4 is 15.8 Å². The van der Waals surface area contributed by atoms with Crippen molar-refractivity contribution in [3.05, 3.63) is 29.3 Å². The van der Waals surface area contributed by atoms with Gasteiger partial charge in [0.25, 0.3) is 5.91 Å². The first kappa shape index (κ1) is 18.5. The molecule has 1 aliphatic rings. The molecule has 1 amide bonds. The third-order valence-corrected chi connectivity index (χ3v) is 5.83. The highest BCUT2D eigenvalue weighted by Crippen LogP contribution is 2.33. The molecule has 1 aromatic rings. The predicted octanol–water partition coefficient (Wildman–Crippen LogP) is 1.31. The van der Waals surface area contributed by atoms with Crippen molar-refractivity contribution >= 4 is 15.7 Å².